The Balaban J connectivity index is 2.86. The van der Waals surface area contributed by atoms with Gasteiger partial charge in [0.05, 0.1) is 5.60 Å². The van der Waals surface area contributed by atoms with Crippen molar-refractivity contribution in [3.63, 3.8) is 0 Å². The fraction of sp³-hybridized carbons (Fsp3) is 0.733. The van der Waals surface area contributed by atoms with E-state index in [1.807, 2.05) is 18.4 Å². The third-order valence-corrected chi connectivity index (χ3v) is 5.63. The van der Waals surface area contributed by atoms with Gasteiger partial charge in [0.1, 0.15) is 0 Å². The van der Waals surface area contributed by atoms with Crippen molar-refractivity contribution >= 4 is 27.3 Å². The predicted octanol–water partition coefficient (Wildman–Crippen LogP) is 4.63. The molecule has 1 rings (SSSR count). The predicted molar refractivity (Wildman–Crippen MR) is 88.1 cm³/mol. The number of rotatable bonds is 9. The Labute approximate surface area is 130 Å². The summed E-state index contributed by atoms with van der Waals surface area (Å²) in [6.45, 7) is 7.69. The summed E-state index contributed by atoms with van der Waals surface area (Å²) < 4.78 is 7.08. The smallest absolute Gasteiger partial charge is 0.0829 e. The van der Waals surface area contributed by atoms with Gasteiger partial charge in [-0.2, -0.15) is 0 Å². The molecule has 0 bridgehead atoms. The van der Waals surface area contributed by atoms with Gasteiger partial charge in [0.2, 0.25) is 0 Å². The third kappa shape index (κ3) is 4.55. The van der Waals surface area contributed by atoms with Crippen molar-refractivity contribution in [3.8, 4) is 0 Å². The lowest BCUT2D eigenvalue weighted by Crippen LogP contribution is -2.52. The van der Waals surface area contributed by atoms with Gasteiger partial charge in [0.15, 0.2) is 0 Å². The second kappa shape index (κ2) is 8.40. The first kappa shape index (κ1) is 17.2. The highest BCUT2D eigenvalue weighted by Crippen LogP contribution is 2.29. The fourth-order valence-electron chi connectivity index (χ4n) is 2.60. The van der Waals surface area contributed by atoms with Gasteiger partial charge in [-0.05, 0) is 54.2 Å². The zero-order chi connectivity index (χ0) is 14.3. The SMILES string of the molecule is CCCNC(Cc1cc(Br)cs1)C(CC)(CC)OC. The van der Waals surface area contributed by atoms with E-state index in [4.69, 9.17) is 4.74 Å². The van der Waals surface area contributed by atoms with E-state index in [2.05, 4.69) is 53.5 Å². The normalized spacial score (nSPS) is 13.7. The van der Waals surface area contributed by atoms with Gasteiger partial charge in [0, 0.05) is 27.9 Å². The topological polar surface area (TPSA) is 21.3 Å². The molecule has 0 fully saturated rings. The minimum absolute atomic E-state index is 0.0639. The van der Waals surface area contributed by atoms with E-state index in [1.54, 1.807) is 0 Å². The van der Waals surface area contributed by atoms with E-state index in [0.717, 1.165) is 32.2 Å². The van der Waals surface area contributed by atoms with Gasteiger partial charge in [-0.15, -0.1) is 11.3 Å². The molecule has 0 aromatic carbocycles. The van der Waals surface area contributed by atoms with E-state index in [9.17, 15) is 0 Å². The van der Waals surface area contributed by atoms with E-state index in [-0.39, 0.29) is 5.60 Å². The first-order valence-corrected chi connectivity index (χ1v) is 8.80. The Morgan fingerprint density at radius 1 is 1.37 bits per heavy atom. The molecule has 1 atom stereocenters. The molecule has 19 heavy (non-hydrogen) atoms. The van der Waals surface area contributed by atoms with Crippen molar-refractivity contribution in [1.82, 2.24) is 5.32 Å². The highest BCUT2D eigenvalue weighted by Gasteiger charge is 2.35. The summed E-state index contributed by atoms with van der Waals surface area (Å²) in [5.74, 6) is 0. The van der Waals surface area contributed by atoms with Crippen LogP contribution < -0.4 is 5.32 Å². The Morgan fingerprint density at radius 2 is 2.05 bits per heavy atom. The van der Waals surface area contributed by atoms with Crippen LogP contribution in [0.4, 0.5) is 0 Å². The van der Waals surface area contributed by atoms with Gasteiger partial charge in [-0.25, -0.2) is 0 Å². The van der Waals surface area contributed by atoms with Gasteiger partial charge < -0.3 is 10.1 Å². The van der Waals surface area contributed by atoms with Crippen molar-refractivity contribution < 1.29 is 4.74 Å². The molecule has 1 heterocycles. The standard InChI is InChI=1S/C15H26BrNOS/c1-5-8-17-14(15(6-2,7-3)18-4)10-13-9-12(16)11-19-13/h9,11,14,17H,5-8,10H2,1-4H3. The lowest BCUT2D eigenvalue weighted by molar-refractivity contribution is -0.0469. The summed E-state index contributed by atoms with van der Waals surface area (Å²) in [5.41, 5.74) is -0.0639. The van der Waals surface area contributed by atoms with Gasteiger partial charge in [-0.1, -0.05) is 20.8 Å². The molecule has 0 radical (unpaired) electrons. The maximum atomic E-state index is 5.90. The summed E-state index contributed by atoms with van der Waals surface area (Å²) in [5, 5.41) is 5.84. The number of hydrogen-bond donors (Lipinski definition) is 1. The maximum Gasteiger partial charge on any atom is 0.0829 e. The van der Waals surface area contributed by atoms with Crippen molar-refractivity contribution in [3.05, 3.63) is 20.8 Å². The van der Waals surface area contributed by atoms with Crippen LogP contribution in [0.1, 0.15) is 44.9 Å². The summed E-state index contributed by atoms with van der Waals surface area (Å²) in [7, 11) is 1.85. The first-order valence-electron chi connectivity index (χ1n) is 7.13. The summed E-state index contributed by atoms with van der Waals surface area (Å²) >= 11 is 5.35. The van der Waals surface area contributed by atoms with Crippen LogP contribution in [0.3, 0.4) is 0 Å². The Morgan fingerprint density at radius 3 is 2.47 bits per heavy atom. The summed E-state index contributed by atoms with van der Waals surface area (Å²) in [6, 6.07) is 2.59. The number of hydrogen-bond acceptors (Lipinski definition) is 3. The molecule has 0 saturated carbocycles. The highest BCUT2D eigenvalue weighted by atomic mass is 79.9. The second-order valence-electron chi connectivity index (χ2n) is 4.92. The fourth-order valence-corrected chi connectivity index (χ4v) is 4.10. The van der Waals surface area contributed by atoms with Crippen molar-refractivity contribution in [2.75, 3.05) is 13.7 Å². The number of thiophene rings is 1. The summed E-state index contributed by atoms with van der Waals surface area (Å²) in [4.78, 5) is 1.41. The number of halogens is 1. The monoisotopic (exact) mass is 347 g/mol. The Bertz CT molecular complexity index is 355. The molecule has 1 N–H and O–H groups in total. The average molecular weight is 348 g/mol. The lowest BCUT2D eigenvalue weighted by atomic mass is 9.85. The van der Waals surface area contributed by atoms with Crippen LogP contribution in [0.2, 0.25) is 0 Å². The van der Waals surface area contributed by atoms with Crippen LogP contribution in [-0.4, -0.2) is 25.3 Å². The third-order valence-electron chi connectivity index (χ3n) is 3.91. The molecule has 1 aromatic rings. The van der Waals surface area contributed by atoms with Crippen molar-refractivity contribution in [2.24, 2.45) is 0 Å². The molecule has 1 aromatic heterocycles. The lowest BCUT2D eigenvalue weighted by Gasteiger charge is -2.39. The molecule has 0 aliphatic carbocycles. The van der Waals surface area contributed by atoms with Crippen LogP contribution in [0.5, 0.6) is 0 Å². The van der Waals surface area contributed by atoms with Crippen molar-refractivity contribution in [1.29, 1.82) is 0 Å². The van der Waals surface area contributed by atoms with Gasteiger partial charge in [-0.3, -0.25) is 0 Å². The quantitative estimate of drug-likeness (QED) is 0.703. The summed E-state index contributed by atoms with van der Waals surface area (Å²) in [6.07, 6.45) is 4.26. The van der Waals surface area contributed by atoms with Gasteiger partial charge >= 0.3 is 0 Å². The minimum Gasteiger partial charge on any atom is -0.377 e. The number of ether oxygens (including phenoxy) is 1. The molecule has 2 nitrogen and oxygen atoms in total. The van der Waals surface area contributed by atoms with Crippen molar-refractivity contribution in [2.45, 2.75) is 58.1 Å². The molecule has 0 amide bonds. The minimum atomic E-state index is -0.0639. The maximum absolute atomic E-state index is 5.90. The highest BCUT2D eigenvalue weighted by molar-refractivity contribution is 9.10. The largest absolute Gasteiger partial charge is 0.377 e. The van der Waals surface area contributed by atoms with Crippen LogP contribution >= 0.6 is 27.3 Å². The molecular weight excluding hydrogens is 322 g/mol. The van der Waals surface area contributed by atoms with E-state index < -0.39 is 0 Å². The van der Waals surface area contributed by atoms with E-state index in [1.165, 1.54) is 9.35 Å². The Kier molecular flexibility index (Phi) is 7.58. The average Bonchev–Trinajstić information content (AvgIpc) is 2.83. The molecule has 0 aliphatic rings. The van der Waals surface area contributed by atoms with E-state index in [0.29, 0.717) is 6.04 Å². The van der Waals surface area contributed by atoms with Crippen LogP contribution in [-0.2, 0) is 11.2 Å². The molecule has 1 unspecified atom stereocenters. The van der Waals surface area contributed by atoms with Crippen LogP contribution in [0.25, 0.3) is 0 Å². The Hall–Kier alpha value is 0.1000. The zero-order valence-corrected chi connectivity index (χ0v) is 14.9. The molecular formula is C15H26BrNOS. The van der Waals surface area contributed by atoms with Crippen LogP contribution in [0, 0.1) is 0 Å². The van der Waals surface area contributed by atoms with Crippen LogP contribution in [0.15, 0.2) is 15.9 Å². The molecule has 0 aliphatic heterocycles. The number of methoxy groups -OCH3 is 1. The van der Waals surface area contributed by atoms with E-state index >= 15 is 0 Å². The second-order valence-corrected chi connectivity index (χ2v) is 6.83. The number of nitrogens with one attached hydrogen (secondary N) is 1. The molecule has 0 saturated heterocycles. The molecule has 110 valence electrons. The zero-order valence-electron chi connectivity index (χ0n) is 12.5. The molecule has 4 heteroatoms. The first-order chi connectivity index (χ1) is 9.11. The molecule has 0 spiro atoms. The van der Waals surface area contributed by atoms with Gasteiger partial charge in [0.25, 0.3) is 0 Å².